The van der Waals surface area contributed by atoms with Crippen LogP contribution in [0, 0.1) is 5.82 Å². The van der Waals surface area contributed by atoms with Gasteiger partial charge in [-0.05, 0) is 54.0 Å². The Hall–Kier alpha value is -3.26. The van der Waals surface area contributed by atoms with E-state index in [1.165, 1.54) is 6.07 Å². The molecule has 8 heteroatoms. The zero-order valence-electron chi connectivity index (χ0n) is 18.7. The monoisotopic (exact) mass is 463 g/mol. The number of piperidine rings is 1. The summed E-state index contributed by atoms with van der Waals surface area (Å²) in [5.41, 5.74) is 3.46. The van der Waals surface area contributed by atoms with Crippen LogP contribution in [0.2, 0.25) is 0 Å². The van der Waals surface area contributed by atoms with Crippen LogP contribution in [0.25, 0.3) is 0 Å². The minimum atomic E-state index is -0.451. The zero-order valence-corrected chi connectivity index (χ0v) is 18.7. The molecular weight excluding hydrogens is 437 g/mol. The summed E-state index contributed by atoms with van der Waals surface area (Å²) in [6.45, 7) is 1.45. The first kappa shape index (κ1) is 21.3. The molecule has 0 radical (unpaired) electrons. The van der Waals surface area contributed by atoms with Gasteiger partial charge in [0.2, 0.25) is 11.8 Å². The van der Waals surface area contributed by atoms with Gasteiger partial charge < -0.3 is 10.1 Å². The van der Waals surface area contributed by atoms with Crippen LogP contribution < -0.4 is 10.6 Å². The molecule has 2 aromatic carbocycles. The number of alkyl carbamates (subject to hydrolysis) is 1. The Morgan fingerprint density at radius 3 is 2.65 bits per heavy atom. The zero-order chi connectivity index (χ0) is 23.5. The van der Waals surface area contributed by atoms with E-state index in [1.807, 2.05) is 30.3 Å². The van der Waals surface area contributed by atoms with Gasteiger partial charge in [-0.25, -0.2) is 9.18 Å². The number of rotatable bonds is 5. The third-order valence-corrected chi connectivity index (χ3v) is 7.88. The molecule has 5 aliphatic rings. The van der Waals surface area contributed by atoms with Crippen molar-refractivity contribution in [1.29, 1.82) is 0 Å². The molecule has 7 nitrogen and oxygen atoms in total. The number of carbonyl (C=O) groups is 3. The maximum atomic E-state index is 14.1. The molecule has 1 saturated heterocycles. The van der Waals surface area contributed by atoms with E-state index in [9.17, 15) is 18.8 Å². The van der Waals surface area contributed by atoms with Crippen LogP contribution in [0.3, 0.4) is 0 Å². The normalized spacial score (nSPS) is 29.5. The van der Waals surface area contributed by atoms with Gasteiger partial charge in [-0.2, -0.15) is 0 Å². The Labute approximate surface area is 196 Å². The van der Waals surface area contributed by atoms with Gasteiger partial charge in [0.05, 0.1) is 6.04 Å². The highest BCUT2D eigenvalue weighted by atomic mass is 19.1. The Kier molecular flexibility index (Phi) is 4.78. The molecular formula is C26H26FN3O4. The summed E-state index contributed by atoms with van der Waals surface area (Å²) in [7, 11) is 0. The third kappa shape index (κ3) is 3.48. The van der Waals surface area contributed by atoms with E-state index >= 15 is 0 Å². The predicted octanol–water partition coefficient (Wildman–Crippen LogP) is 3.05. The SMILES string of the molecule is O=C1CCC(N2Cc3ccc(COC(=O)NC45CC(c6ccccc6F)(C4)C5)cc3C2)C(=O)N1. The van der Waals surface area contributed by atoms with E-state index < -0.39 is 6.09 Å². The molecule has 2 N–H and O–H groups in total. The fourth-order valence-electron chi connectivity index (χ4n) is 6.31. The van der Waals surface area contributed by atoms with Crippen LogP contribution in [-0.2, 0) is 39.4 Å². The molecule has 2 aliphatic heterocycles. The Bertz CT molecular complexity index is 1190. The lowest BCUT2D eigenvalue weighted by atomic mass is 9.37. The standard InChI is InChI=1S/C26H26FN3O4/c27-20-4-2-1-3-19(20)25-13-26(14-25,15-25)29-24(33)34-12-16-5-6-17-10-30(11-18(17)9-16)21-7-8-22(31)28-23(21)32/h1-6,9,21H,7-8,10-15H2,(H,29,33)(H,28,31,32). The number of ether oxygens (including phenoxy) is 1. The third-order valence-electron chi connectivity index (χ3n) is 7.88. The Morgan fingerprint density at radius 1 is 1.12 bits per heavy atom. The number of imide groups is 1. The first-order chi connectivity index (χ1) is 16.3. The number of hydrogen-bond acceptors (Lipinski definition) is 5. The van der Waals surface area contributed by atoms with Crippen molar-refractivity contribution in [3.05, 3.63) is 70.5 Å². The van der Waals surface area contributed by atoms with Crippen molar-refractivity contribution in [2.24, 2.45) is 0 Å². The van der Waals surface area contributed by atoms with Gasteiger partial charge in [0.1, 0.15) is 12.4 Å². The Morgan fingerprint density at radius 2 is 1.88 bits per heavy atom. The smallest absolute Gasteiger partial charge is 0.407 e. The number of fused-ring (bicyclic) bond motifs is 1. The van der Waals surface area contributed by atoms with Crippen molar-refractivity contribution in [2.45, 2.75) is 68.8 Å². The van der Waals surface area contributed by atoms with Crippen LogP contribution >= 0.6 is 0 Å². The van der Waals surface area contributed by atoms with Crippen LogP contribution in [0.5, 0.6) is 0 Å². The van der Waals surface area contributed by atoms with E-state index in [-0.39, 0.29) is 41.2 Å². The van der Waals surface area contributed by atoms with Gasteiger partial charge in [0.25, 0.3) is 0 Å². The Balaban J connectivity index is 1.01. The van der Waals surface area contributed by atoms with E-state index in [4.69, 9.17) is 4.74 Å². The van der Waals surface area contributed by atoms with E-state index in [2.05, 4.69) is 15.5 Å². The minimum absolute atomic E-state index is 0.146. The number of carbonyl (C=O) groups excluding carboxylic acids is 3. The van der Waals surface area contributed by atoms with Crippen LogP contribution in [0.1, 0.15) is 54.4 Å². The largest absolute Gasteiger partial charge is 0.445 e. The summed E-state index contributed by atoms with van der Waals surface area (Å²) < 4.78 is 19.6. The summed E-state index contributed by atoms with van der Waals surface area (Å²) >= 11 is 0. The van der Waals surface area contributed by atoms with Crippen molar-refractivity contribution in [3.63, 3.8) is 0 Å². The molecule has 2 heterocycles. The second-order valence-electron chi connectivity index (χ2n) is 10.2. The van der Waals surface area contributed by atoms with Crippen molar-refractivity contribution >= 4 is 17.9 Å². The number of hydrogen-bond donors (Lipinski definition) is 2. The molecule has 3 amide bonds. The summed E-state index contributed by atoms with van der Waals surface area (Å²) in [5, 5.41) is 5.41. The molecule has 1 unspecified atom stereocenters. The molecule has 0 aromatic heterocycles. The van der Waals surface area contributed by atoms with Gasteiger partial charge >= 0.3 is 6.09 Å². The first-order valence-corrected chi connectivity index (χ1v) is 11.7. The highest BCUT2D eigenvalue weighted by Gasteiger charge is 2.69. The van der Waals surface area contributed by atoms with Crippen molar-refractivity contribution in [1.82, 2.24) is 15.5 Å². The fraction of sp³-hybridized carbons (Fsp3) is 0.423. The highest BCUT2D eigenvalue weighted by Crippen LogP contribution is 2.68. The van der Waals surface area contributed by atoms with E-state index in [0.717, 1.165) is 41.5 Å². The number of nitrogens with zero attached hydrogens (tertiary/aromatic N) is 1. The number of nitrogens with one attached hydrogen (secondary N) is 2. The molecule has 34 heavy (non-hydrogen) atoms. The van der Waals surface area contributed by atoms with Gasteiger partial charge in [0, 0.05) is 30.5 Å². The molecule has 2 bridgehead atoms. The summed E-state index contributed by atoms with van der Waals surface area (Å²) in [6.07, 6.45) is 2.67. The molecule has 3 saturated carbocycles. The second kappa shape index (κ2) is 7.63. The lowest BCUT2D eigenvalue weighted by Gasteiger charge is -2.70. The molecule has 3 aliphatic carbocycles. The van der Waals surface area contributed by atoms with Crippen molar-refractivity contribution < 1.29 is 23.5 Å². The topological polar surface area (TPSA) is 87.7 Å². The van der Waals surface area contributed by atoms with E-state index in [1.54, 1.807) is 6.07 Å². The number of halogens is 1. The summed E-state index contributed by atoms with van der Waals surface area (Å²) in [5.74, 6) is -0.613. The lowest BCUT2D eigenvalue weighted by Crippen LogP contribution is -2.76. The van der Waals surface area contributed by atoms with Crippen LogP contribution in [0.15, 0.2) is 42.5 Å². The lowest BCUT2D eigenvalue weighted by molar-refractivity contribution is -0.137. The first-order valence-electron chi connectivity index (χ1n) is 11.7. The predicted molar refractivity (Wildman–Crippen MR) is 120 cm³/mol. The molecule has 1 atom stereocenters. The second-order valence-corrected chi connectivity index (χ2v) is 10.2. The highest BCUT2D eigenvalue weighted by molar-refractivity contribution is 6.00. The average Bonchev–Trinajstić information content (AvgIpc) is 3.17. The van der Waals surface area contributed by atoms with Gasteiger partial charge in [-0.1, -0.05) is 36.4 Å². The summed E-state index contributed by atoms with van der Waals surface area (Å²) in [4.78, 5) is 38.1. The van der Waals surface area contributed by atoms with Crippen LogP contribution in [-0.4, -0.2) is 34.4 Å². The summed E-state index contributed by atoms with van der Waals surface area (Å²) in [6, 6.07) is 12.6. The maximum absolute atomic E-state index is 14.1. The van der Waals surface area contributed by atoms with E-state index in [0.29, 0.717) is 25.9 Å². The van der Waals surface area contributed by atoms with Crippen LogP contribution in [0.4, 0.5) is 9.18 Å². The fourth-order valence-corrected chi connectivity index (χ4v) is 6.31. The average molecular weight is 464 g/mol. The number of amides is 3. The number of benzene rings is 2. The van der Waals surface area contributed by atoms with Gasteiger partial charge in [-0.3, -0.25) is 19.8 Å². The van der Waals surface area contributed by atoms with Crippen molar-refractivity contribution in [3.8, 4) is 0 Å². The maximum Gasteiger partial charge on any atom is 0.407 e. The molecule has 176 valence electrons. The molecule has 2 aromatic rings. The van der Waals surface area contributed by atoms with Gasteiger partial charge in [0.15, 0.2) is 0 Å². The van der Waals surface area contributed by atoms with Crippen molar-refractivity contribution in [2.75, 3.05) is 0 Å². The molecule has 4 fully saturated rings. The van der Waals surface area contributed by atoms with Gasteiger partial charge in [-0.15, -0.1) is 0 Å². The molecule has 0 spiro atoms. The molecule has 7 rings (SSSR count). The quantitative estimate of drug-likeness (QED) is 0.666. The minimum Gasteiger partial charge on any atom is -0.445 e.